The topological polar surface area (TPSA) is 236 Å². The number of benzene rings is 2. The number of ether oxygens (including phenoxy) is 2. The first-order valence-corrected chi connectivity index (χ1v) is 20.0. The van der Waals surface area contributed by atoms with E-state index in [0.29, 0.717) is 33.9 Å². The molecule has 0 saturated carbocycles. The molecule has 4 N–H and O–H groups in total. The molecule has 326 valence electrons. The maximum absolute atomic E-state index is 12.4. The van der Waals surface area contributed by atoms with E-state index in [1.807, 2.05) is 13.8 Å². The van der Waals surface area contributed by atoms with Crippen molar-refractivity contribution in [3.8, 4) is 22.9 Å². The zero-order chi connectivity index (χ0) is 46.5. The number of hydrogen-bond donors (Lipinski definition) is 4. The lowest BCUT2D eigenvalue weighted by Gasteiger charge is -2.19. The van der Waals surface area contributed by atoms with Crippen LogP contribution >= 0.6 is 48.2 Å². The molecule has 2 saturated heterocycles. The molecule has 0 aliphatic carbocycles. The van der Waals surface area contributed by atoms with Crippen LogP contribution in [-0.2, 0) is 19.1 Å². The number of halogens is 3. The number of esters is 2. The molecule has 0 atom stereocenters. The summed E-state index contributed by atoms with van der Waals surface area (Å²) in [4.78, 5) is 91.1. The summed E-state index contributed by atoms with van der Waals surface area (Å²) in [7, 11) is 2.61. The van der Waals surface area contributed by atoms with Gasteiger partial charge >= 0.3 is 24.0 Å². The Kier molecular flexibility index (Phi) is 16.0. The molecule has 2 aliphatic rings. The Balaban J connectivity index is 0.000000229. The van der Waals surface area contributed by atoms with Gasteiger partial charge in [-0.2, -0.15) is 3.93 Å². The quantitative estimate of drug-likeness (QED) is 0.106. The highest BCUT2D eigenvalue weighted by Gasteiger charge is 2.50. The molecular formula is C40H43Br3N6O12. The summed E-state index contributed by atoms with van der Waals surface area (Å²) < 4.78 is 14.4. The zero-order valence-electron chi connectivity index (χ0n) is 34.6. The second-order valence-electron chi connectivity index (χ2n) is 14.4. The molecule has 2 aromatic carbocycles. The lowest BCUT2D eigenvalue weighted by atomic mass is 10.1. The van der Waals surface area contributed by atoms with Crippen LogP contribution in [-0.4, -0.2) is 88.3 Å². The van der Waals surface area contributed by atoms with Gasteiger partial charge in [0.15, 0.2) is 0 Å². The van der Waals surface area contributed by atoms with Gasteiger partial charge < -0.3 is 25.0 Å². The minimum absolute atomic E-state index is 0.0782. The van der Waals surface area contributed by atoms with E-state index >= 15 is 0 Å². The maximum Gasteiger partial charge on any atom is 0.348 e. The van der Waals surface area contributed by atoms with E-state index in [2.05, 4.69) is 63.6 Å². The highest BCUT2D eigenvalue weighted by Crippen LogP contribution is 2.32. The minimum Gasteiger partial charge on any atom is -0.508 e. The molecule has 61 heavy (non-hydrogen) atoms. The summed E-state index contributed by atoms with van der Waals surface area (Å²) in [6, 6.07) is 13.3. The predicted molar refractivity (Wildman–Crippen MR) is 234 cm³/mol. The molecule has 0 bridgehead atoms. The fourth-order valence-corrected chi connectivity index (χ4v) is 6.94. The monoisotopic (exact) mass is 1040 g/mol. The smallest absolute Gasteiger partial charge is 0.348 e. The largest absolute Gasteiger partial charge is 0.508 e. The van der Waals surface area contributed by atoms with E-state index in [9.17, 15) is 48.6 Å². The van der Waals surface area contributed by atoms with Crippen molar-refractivity contribution in [1.29, 1.82) is 0 Å². The highest BCUT2D eigenvalue weighted by atomic mass is 79.9. The number of aromatic hydroxyl groups is 2. The second-order valence-corrected chi connectivity index (χ2v) is 16.6. The van der Waals surface area contributed by atoms with Crippen molar-refractivity contribution in [3.63, 3.8) is 0 Å². The van der Waals surface area contributed by atoms with Crippen LogP contribution in [0.4, 0.5) is 9.59 Å². The molecular weight excluding hydrogens is 996 g/mol. The molecule has 6 amide bonds. The normalized spacial score (nSPS) is 14.6. The summed E-state index contributed by atoms with van der Waals surface area (Å²) in [6.45, 7) is 13.7. The van der Waals surface area contributed by atoms with Crippen LogP contribution < -0.4 is 21.8 Å². The summed E-state index contributed by atoms with van der Waals surface area (Å²) in [5, 5.41) is 23.7. The molecule has 6 rings (SSSR count). The van der Waals surface area contributed by atoms with Crippen molar-refractivity contribution >= 4 is 84.0 Å². The van der Waals surface area contributed by atoms with Gasteiger partial charge in [-0.05, 0) is 113 Å². The fraction of sp³-hybridized carbons (Fsp3) is 0.300. The van der Waals surface area contributed by atoms with E-state index in [4.69, 9.17) is 4.74 Å². The first kappa shape index (κ1) is 49.6. The fourth-order valence-electron chi connectivity index (χ4n) is 5.54. The maximum atomic E-state index is 12.4. The van der Waals surface area contributed by atoms with Crippen LogP contribution in [0.3, 0.4) is 0 Å². The summed E-state index contributed by atoms with van der Waals surface area (Å²) in [5.41, 5.74) is 2.42. The van der Waals surface area contributed by atoms with Crippen molar-refractivity contribution in [3.05, 3.63) is 113 Å². The van der Waals surface area contributed by atoms with Crippen molar-refractivity contribution in [2.75, 3.05) is 14.2 Å². The van der Waals surface area contributed by atoms with Crippen molar-refractivity contribution in [2.24, 2.45) is 0 Å². The number of nitrogens with zero attached hydrogens (tertiary/aromatic N) is 4. The van der Waals surface area contributed by atoms with E-state index in [1.54, 1.807) is 77.9 Å². The number of methoxy groups -OCH3 is 2. The van der Waals surface area contributed by atoms with Crippen LogP contribution in [0.2, 0.25) is 0 Å². The van der Waals surface area contributed by atoms with E-state index < -0.39 is 40.6 Å². The number of imide groups is 2. The molecule has 0 spiro atoms. The summed E-state index contributed by atoms with van der Waals surface area (Å²) >= 11 is 8.92. The van der Waals surface area contributed by atoms with Crippen LogP contribution in [0.5, 0.6) is 11.5 Å². The summed E-state index contributed by atoms with van der Waals surface area (Å²) in [5.74, 6) is -1.68. The molecule has 2 fully saturated rings. The Morgan fingerprint density at radius 3 is 1.52 bits per heavy atom. The molecule has 2 aromatic heterocycles. The Hall–Kier alpha value is -5.80. The van der Waals surface area contributed by atoms with Gasteiger partial charge in [-0.1, -0.05) is 12.1 Å². The third kappa shape index (κ3) is 11.1. The predicted octanol–water partition coefficient (Wildman–Crippen LogP) is 5.91. The van der Waals surface area contributed by atoms with Crippen molar-refractivity contribution in [1.82, 2.24) is 27.6 Å². The average molecular weight is 1040 g/mol. The number of amides is 6. The first-order chi connectivity index (χ1) is 28.2. The molecule has 2 aliphatic heterocycles. The number of hydrogen-bond acceptors (Lipinski definition) is 12. The van der Waals surface area contributed by atoms with Crippen molar-refractivity contribution < 1.29 is 48.5 Å². The Morgan fingerprint density at radius 2 is 1.18 bits per heavy atom. The van der Waals surface area contributed by atoms with Crippen LogP contribution in [0.15, 0.2) is 68.7 Å². The van der Waals surface area contributed by atoms with Gasteiger partial charge in [0.05, 0.1) is 69.0 Å². The van der Waals surface area contributed by atoms with Gasteiger partial charge in [0.25, 0.3) is 22.9 Å². The zero-order valence-corrected chi connectivity index (χ0v) is 39.4. The van der Waals surface area contributed by atoms with Gasteiger partial charge in [-0.3, -0.25) is 33.6 Å². The number of carbonyl (C=O) groups is 6. The lowest BCUT2D eigenvalue weighted by molar-refractivity contribution is -0.127. The molecule has 0 unspecified atom stereocenters. The van der Waals surface area contributed by atoms with Gasteiger partial charge in [-0.15, -0.1) is 0 Å². The third-order valence-electron chi connectivity index (χ3n) is 9.01. The third-order valence-corrected chi connectivity index (χ3v) is 11.6. The lowest BCUT2D eigenvalue weighted by Crippen LogP contribution is -2.39. The van der Waals surface area contributed by atoms with Gasteiger partial charge in [0.1, 0.15) is 27.0 Å². The molecule has 21 heteroatoms. The number of nitrogens with one attached hydrogen (secondary N) is 2. The molecule has 4 heterocycles. The number of aromatic nitrogens is 2. The second kappa shape index (κ2) is 19.7. The van der Waals surface area contributed by atoms with E-state index in [0.717, 1.165) is 21.1 Å². The number of aryl methyl sites for hydroxylation is 4. The van der Waals surface area contributed by atoms with E-state index in [1.165, 1.54) is 39.4 Å². The van der Waals surface area contributed by atoms with Crippen molar-refractivity contribution in [2.45, 2.75) is 66.5 Å². The summed E-state index contributed by atoms with van der Waals surface area (Å²) in [6.07, 6.45) is 0. The Morgan fingerprint density at radius 1 is 0.705 bits per heavy atom. The number of urea groups is 2. The Bertz CT molecular complexity index is 2550. The van der Waals surface area contributed by atoms with Crippen LogP contribution in [0.1, 0.15) is 70.9 Å². The average Bonchev–Trinajstić information content (AvgIpc) is 3.50. The standard InChI is InChI=1S/C15H14BrNO4.C15H15NO4.C5H6Br2N2O2.C5H8N2O2/c1-8-4-5-10(15(20)21-3)7-11(8)17-9(2)6-12(18)13(16)14(17)19;1-9-4-5-11(15(19)20-3)7-13(9)16-10(2)6-12(17)8-14(16)18;1-5(2)3(10)8(6)4(11)9(5)7;1-5(2)3(8)6-4(9)7-5/h4-7,18H,1-3H3;4-8,17H,1-3H3;1-2H3;1-2H3,(H2,6,7,8,9). The number of carbonyl (C=O) groups excluding carboxylic acids is 6. The molecule has 0 radical (unpaired) electrons. The van der Waals surface area contributed by atoms with Crippen LogP contribution in [0.25, 0.3) is 11.4 Å². The highest BCUT2D eigenvalue weighted by molar-refractivity contribution is 9.10. The van der Waals surface area contributed by atoms with Gasteiger partial charge in [0.2, 0.25) is 0 Å². The van der Waals surface area contributed by atoms with Crippen LogP contribution in [0, 0.1) is 27.7 Å². The molecule has 4 aromatic rings. The van der Waals surface area contributed by atoms with E-state index in [-0.39, 0.29) is 33.3 Å². The molecule has 18 nitrogen and oxygen atoms in total. The first-order valence-electron chi connectivity index (χ1n) is 17.8. The minimum atomic E-state index is -0.805. The number of pyridine rings is 2. The number of rotatable bonds is 4. The van der Waals surface area contributed by atoms with Gasteiger partial charge in [0, 0.05) is 23.5 Å². The Labute approximate surface area is 375 Å². The van der Waals surface area contributed by atoms with Gasteiger partial charge in [-0.25, -0.2) is 23.1 Å². The SMILES string of the molecule is CC1(C)C(=O)N(Br)C(=O)N1Br.CC1(C)NC(=O)NC1=O.COC(=O)c1ccc(C)c(-n2c(C)cc(O)c(Br)c2=O)c1.COC(=O)c1ccc(C)c(-n2c(C)cc(O)cc2=O)c1.